The number of aldehydes is 1. The Bertz CT molecular complexity index is 1270. The highest BCUT2D eigenvalue weighted by Crippen LogP contribution is 2.63. The smallest absolute Gasteiger partial charge is 0.239 e. The minimum Gasteiger partial charge on any atom is -0.302 e. The van der Waals surface area contributed by atoms with Gasteiger partial charge >= 0.3 is 0 Å². The van der Waals surface area contributed by atoms with Crippen LogP contribution in [0, 0.1) is 11.8 Å². The molecule has 3 aromatic carbocycles. The molecule has 0 saturated carbocycles. The van der Waals surface area contributed by atoms with Crippen LogP contribution in [-0.4, -0.2) is 18.1 Å². The van der Waals surface area contributed by atoms with Crippen molar-refractivity contribution in [2.24, 2.45) is 11.8 Å². The molecule has 2 unspecified atom stereocenters. The van der Waals surface area contributed by atoms with Crippen molar-refractivity contribution in [2.45, 2.75) is 11.3 Å². The molecule has 4 aliphatic rings. The largest absolute Gasteiger partial charge is 0.302 e. The number of hydrogen-bond acceptors (Lipinski definition) is 3. The van der Waals surface area contributed by atoms with Crippen LogP contribution in [0.2, 0.25) is 10.0 Å². The van der Waals surface area contributed by atoms with Crippen molar-refractivity contribution in [3.63, 3.8) is 0 Å². The molecule has 152 valence electrons. The second-order valence-electron chi connectivity index (χ2n) is 8.25. The van der Waals surface area contributed by atoms with Crippen LogP contribution in [0.25, 0.3) is 0 Å². The fraction of sp³-hybridized carbons (Fsp3) is 0.160. The van der Waals surface area contributed by atoms with Crippen LogP contribution >= 0.6 is 23.2 Å². The third-order valence-corrected chi connectivity index (χ3v) is 7.56. The zero-order chi connectivity index (χ0) is 21.5. The first kappa shape index (κ1) is 18.8. The van der Waals surface area contributed by atoms with E-state index in [1.54, 1.807) is 12.1 Å². The Balaban J connectivity index is 1.65. The van der Waals surface area contributed by atoms with Crippen molar-refractivity contribution < 1.29 is 14.4 Å². The Hall–Kier alpha value is -2.95. The second kappa shape index (κ2) is 6.28. The molecule has 3 aromatic rings. The first-order valence-electron chi connectivity index (χ1n) is 9.98. The first-order chi connectivity index (χ1) is 15.0. The van der Waals surface area contributed by atoms with E-state index in [0.717, 1.165) is 33.4 Å². The number of anilines is 1. The summed E-state index contributed by atoms with van der Waals surface area (Å²) in [6.07, 6.45) is 0.857. The predicted molar refractivity (Wildman–Crippen MR) is 118 cm³/mol. The van der Waals surface area contributed by atoms with Crippen molar-refractivity contribution in [3.05, 3.63) is 99.0 Å². The van der Waals surface area contributed by atoms with E-state index in [1.165, 1.54) is 6.07 Å². The number of amides is 2. The molecule has 2 amide bonds. The molecule has 0 aromatic heterocycles. The second-order valence-corrected chi connectivity index (χ2v) is 9.09. The van der Waals surface area contributed by atoms with Crippen LogP contribution in [0.3, 0.4) is 0 Å². The molecule has 2 atom stereocenters. The summed E-state index contributed by atoms with van der Waals surface area (Å²) in [5, 5.41) is 0.630. The number of carbonyl (C=O) groups excluding carboxylic acids is 3. The van der Waals surface area contributed by atoms with E-state index in [9.17, 15) is 14.4 Å². The quantitative estimate of drug-likeness (QED) is 0.420. The van der Waals surface area contributed by atoms with Crippen LogP contribution in [0.4, 0.5) is 5.69 Å². The third-order valence-electron chi connectivity index (χ3n) is 7.02. The fourth-order valence-corrected chi connectivity index (χ4v) is 6.42. The van der Waals surface area contributed by atoms with Gasteiger partial charge in [-0.2, -0.15) is 0 Å². The van der Waals surface area contributed by atoms with Crippen molar-refractivity contribution in [1.29, 1.82) is 0 Å². The summed E-state index contributed by atoms with van der Waals surface area (Å²) in [5.74, 6) is -2.53. The molecule has 0 N–H and O–H groups in total. The first-order valence-corrected chi connectivity index (χ1v) is 10.7. The van der Waals surface area contributed by atoms with Crippen LogP contribution < -0.4 is 4.90 Å². The Morgan fingerprint density at radius 1 is 0.839 bits per heavy atom. The molecular weight excluding hydrogens is 433 g/mol. The highest BCUT2D eigenvalue weighted by Gasteiger charge is 2.68. The number of imide groups is 1. The van der Waals surface area contributed by atoms with Gasteiger partial charge in [0, 0.05) is 10.9 Å². The molecule has 31 heavy (non-hydrogen) atoms. The zero-order valence-electron chi connectivity index (χ0n) is 16.1. The number of benzene rings is 3. The third kappa shape index (κ3) is 2.14. The van der Waals surface area contributed by atoms with E-state index in [0.29, 0.717) is 10.7 Å². The van der Waals surface area contributed by atoms with Gasteiger partial charge in [-0.25, -0.2) is 4.90 Å². The normalized spacial score (nSPS) is 27.7. The molecule has 1 saturated heterocycles. The lowest BCUT2D eigenvalue weighted by Gasteiger charge is -2.51. The lowest BCUT2D eigenvalue weighted by atomic mass is 9.48. The van der Waals surface area contributed by atoms with Gasteiger partial charge in [0.25, 0.3) is 0 Å². The Kier molecular flexibility index (Phi) is 3.81. The van der Waals surface area contributed by atoms with Crippen molar-refractivity contribution >= 4 is 47.0 Å². The van der Waals surface area contributed by atoms with Crippen LogP contribution in [0.5, 0.6) is 0 Å². The molecule has 7 rings (SSSR count). The summed E-state index contributed by atoms with van der Waals surface area (Å²) in [7, 11) is 0. The van der Waals surface area contributed by atoms with Gasteiger partial charge in [-0.1, -0.05) is 71.7 Å². The van der Waals surface area contributed by atoms with E-state index >= 15 is 0 Å². The molecule has 0 spiro atoms. The number of nitrogens with zero attached hydrogens (tertiary/aromatic N) is 1. The molecule has 1 aliphatic heterocycles. The molecule has 1 fully saturated rings. The summed E-state index contributed by atoms with van der Waals surface area (Å²) in [6.45, 7) is 0. The van der Waals surface area contributed by atoms with Crippen molar-refractivity contribution in [3.8, 4) is 0 Å². The Labute approximate surface area is 188 Å². The number of halogens is 2. The summed E-state index contributed by atoms with van der Waals surface area (Å²) in [6, 6.07) is 20.0. The molecule has 6 heteroatoms. The van der Waals surface area contributed by atoms with E-state index in [1.807, 2.05) is 48.5 Å². The summed E-state index contributed by atoms with van der Waals surface area (Å²) >= 11 is 12.4. The van der Waals surface area contributed by atoms with Gasteiger partial charge in [0.1, 0.15) is 6.29 Å². The van der Waals surface area contributed by atoms with Crippen LogP contribution in [-0.2, 0) is 19.8 Å². The van der Waals surface area contributed by atoms with Gasteiger partial charge in [-0.05, 0) is 40.5 Å². The molecule has 1 heterocycles. The van der Waals surface area contributed by atoms with Crippen molar-refractivity contribution in [2.75, 3.05) is 4.90 Å². The fourth-order valence-electron chi connectivity index (χ4n) is 5.93. The maximum atomic E-state index is 13.8. The summed E-state index contributed by atoms with van der Waals surface area (Å²) in [5.41, 5.74) is 2.55. The van der Waals surface area contributed by atoms with E-state index < -0.39 is 23.2 Å². The van der Waals surface area contributed by atoms with Gasteiger partial charge in [-0.3, -0.25) is 9.59 Å². The lowest BCUT2D eigenvalue weighted by molar-refractivity contribution is -0.128. The standard InChI is InChI=1S/C25H15Cl2NO3/c26-13-9-10-19(18(27)11-13)28-23(30)21-20-14-5-1-3-7-16(14)25(12-29,22(21)24(28)31)17-8-4-2-6-15(17)20/h1-12,20-22H. The maximum Gasteiger partial charge on any atom is 0.239 e. The van der Waals surface area contributed by atoms with Gasteiger partial charge in [0.2, 0.25) is 11.8 Å². The zero-order valence-corrected chi connectivity index (χ0v) is 17.6. The highest BCUT2D eigenvalue weighted by molar-refractivity contribution is 6.38. The van der Waals surface area contributed by atoms with E-state index in [-0.39, 0.29) is 16.8 Å². The van der Waals surface area contributed by atoms with Gasteiger partial charge in [0.15, 0.2) is 0 Å². The van der Waals surface area contributed by atoms with Gasteiger partial charge in [-0.15, -0.1) is 0 Å². The molecular formula is C25H15Cl2NO3. The highest BCUT2D eigenvalue weighted by atomic mass is 35.5. The molecule has 0 radical (unpaired) electrons. The van der Waals surface area contributed by atoms with E-state index in [2.05, 4.69) is 0 Å². The topological polar surface area (TPSA) is 54.5 Å². The van der Waals surface area contributed by atoms with Crippen molar-refractivity contribution in [1.82, 2.24) is 0 Å². The molecule has 3 aliphatic carbocycles. The minimum atomic E-state index is -1.22. The number of hydrogen-bond donors (Lipinski definition) is 0. The SMILES string of the molecule is O=CC12c3ccccc3C(c3ccccc31)C1C(=O)N(c3ccc(Cl)cc3Cl)C(=O)C12. The lowest BCUT2D eigenvalue weighted by Crippen LogP contribution is -2.54. The van der Waals surface area contributed by atoms with Crippen LogP contribution in [0.1, 0.15) is 28.2 Å². The van der Waals surface area contributed by atoms with Gasteiger partial charge < -0.3 is 4.79 Å². The number of rotatable bonds is 2. The monoisotopic (exact) mass is 447 g/mol. The maximum absolute atomic E-state index is 13.8. The summed E-state index contributed by atoms with van der Waals surface area (Å²) < 4.78 is 0. The van der Waals surface area contributed by atoms with Crippen LogP contribution in [0.15, 0.2) is 66.7 Å². The minimum absolute atomic E-state index is 0.218. The summed E-state index contributed by atoms with van der Waals surface area (Å²) in [4.78, 5) is 41.6. The Morgan fingerprint density at radius 2 is 1.45 bits per heavy atom. The number of carbonyl (C=O) groups is 3. The molecule has 2 bridgehead atoms. The average Bonchev–Trinajstić information content (AvgIpc) is 3.05. The predicted octanol–water partition coefficient (Wildman–Crippen LogP) is 4.74. The Morgan fingerprint density at radius 3 is 2.03 bits per heavy atom. The van der Waals surface area contributed by atoms with Gasteiger partial charge in [0.05, 0.1) is 28.0 Å². The molecule has 4 nitrogen and oxygen atoms in total. The average molecular weight is 448 g/mol. The van der Waals surface area contributed by atoms with E-state index in [4.69, 9.17) is 23.2 Å².